The lowest BCUT2D eigenvalue weighted by molar-refractivity contribution is -0.131. The van der Waals surface area contributed by atoms with E-state index in [1.54, 1.807) is 6.07 Å². The number of hydrogen-bond acceptors (Lipinski definition) is 9. The maximum atomic E-state index is 13.1. The molecule has 204 valence electrons. The third-order valence-electron chi connectivity index (χ3n) is 7.33. The van der Waals surface area contributed by atoms with Crippen LogP contribution in [0.15, 0.2) is 30.3 Å². The third kappa shape index (κ3) is 6.40. The number of nitrogens with zero attached hydrogens (tertiary/aromatic N) is 5. The van der Waals surface area contributed by atoms with Gasteiger partial charge in [0, 0.05) is 64.8 Å². The first-order chi connectivity index (χ1) is 18.5. The van der Waals surface area contributed by atoms with E-state index in [0.29, 0.717) is 64.1 Å². The lowest BCUT2D eigenvalue weighted by atomic mass is 10.00. The van der Waals surface area contributed by atoms with Gasteiger partial charge < -0.3 is 30.3 Å². The van der Waals surface area contributed by atoms with E-state index < -0.39 is 6.10 Å². The van der Waals surface area contributed by atoms with Crippen LogP contribution in [0.4, 0.5) is 11.8 Å². The normalized spacial score (nSPS) is 18.9. The summed E-state index contributed by atoms with van der Waals surface area (Å²) in [4.78, 5) is 40.4. The van der Waals surface area contributed by atoms with Crippen molar-refractivity contribution in [2.75, 3.05) is 69.2 Å². The van der Waals surface area contributed by atoms with Gasteiger partial charge in [0.15, 0.2) is 0 Å². The van der Waals surface area contributed by atoms with Gasteiger partial charge in [0.1, 0.15) is 11.5 Å². The Labute approximate surface area is 223 Å². The van der Waals surface area contributed by atoms with Crippen molar-refractivity contribution in [1.29, 1.82) is 0 Å². The maximum Gasteiger partial charge on any atom is 0.270 e. The number of piperazine rings is 1. The van der Waals surface area contributed by atoms with E-state index in [2.05, 4.69) is 43.7 Å². The summed E-state index contributed by atoms with van der Waals surface area (Å²) in [7, 11) is 0. The number of ether oxygens (including phenoxy) is 1. The molecule has 3 aliphatic rings. The molecule has 5 rings (SSSR count). The Morgan fingerprint density at radius 2 is 1.87 bits per heavy atom. The minimum absolute atomic E-state index is 0.132. The van der Waals surface area contributed by atoms with Gasteiger partial charge in [0.05, 0.1) is 25.4 Å². The van der Waals surface area contributed by atoms with Crippen molar-refractivity contribution in [2.24, 2.45) is 0 Å². The van der Waals surface area contributed by atoms with Crippen LogP contribution in [-0.4, -0.2) is 108 Å². The van der Waals surface area contributed by atoms with E-state index in [1.807, 2.05) is 22.8 Å². The van der Waals surface area contributed by atoms with Crippen LogP contribution in [-0.2, 0) is 22.5 Å². The van der Waals surface area contributed by atoms with Gasteiger partial charge in [-0.1, -0.05) is 31.2 Å². The first kappa shape index (κ1) is 26.3. The van der Waals surface area contributed by atoms with Gasteiger partial charge in [-0.15, -0.1) is 0 Å². The van der Waals surface area contributed by atoms with Gasteiger partial charge in [-0.05, 0) is 17.5 Å². The number of nitrogens with one attached hydrogen (secondary N) is 2. The van der Waals surface area contributed by atoms with Crippen molar-refractivity contribution < 1.29 is 19.4 Å². The average molecular weight is 524 g/mol. The van der Waals surface area contributed by atoms with Gasteiger partial charge in [-0.25, -0.2) is 4.98 Å². The summed E-state index contributed by atoms with van der Waals surface area (Å²) in [6.07, 6.45) is 0.752. The van der Waals surface area contributed by atoms with Gasteiger partial charge in [0.2, 0.25) is 11.9 Å². The van der Waals surface area contributed by atoms with Crippen LogP contribution in [0, 0.1) is 0 Å². The molecule has 38 heavy (non-hydrogen) atoms. The second kappa shape index (κ2) is 12.1. The summed E-state index contributed by atoms with van der Waals surface area (Å²) in [5.74, 6) is 0.798. The van der Waals surface area contributed by atoms with E-state index in [4.69, 9.17) is 4.74 Å². The highest BCUT2D eigenvalue weighted by molar-refractivity contribution is 5.93. The molecule has 2 fully saturated rings. The van der Waals surface area contributed by atoms with Crippen molar-refractivity contribution in [3.63, 3.8) is 0 Å². The molecule has 0 radical (unpaired) electrons. The lowest BCUT2D eigenvalue weighted by Crippen LogP contribution is -2.49. The number of β-amino-alcohol motifs (C(OH)–C–C–N with tert-alkyl or cyclic N) is 1. The number of rotatable bonds is 9. The van der Waals surface area contributed by atoms with Crippen LogP contribution in [0.25, 0.3) is 0 Å². The quantitative estimate of drug-likeness (QED) is 0.431. The van der Waals surface area contributed by atoms with Crippen LogP contribution >= 0.6 is 0 Å². The molecule has 2 saturated heterocycles. The number of fused-ring (bicyclic) bond motifs is 1. The minimum atomic E-state index is -0.695. The summed E-state index contributed by atoms with van der Waals surface area (Å²) in [6.45, 7) is 7.73. The van der Waals surface area contributed by atoms with Crippen molar-refractivity contribution in [1.82, 2.24) is 25.1 Å². The molecule has 3 aliphatic heterocycles. The van der Waals surface area contributed by atoms with Crippen molar-refractivity contribution in [2.45, 2.75) is 38.5 Å². The number of benzene rings is 1. The molecule has 0 saturated carbocycles. The molecule has 0 bridgehead atoms. The number of amides is 2. The number of aliphatic hydroxyl groups excluding tert-OH is 1. The monoisotopic (exact) mass is 523 g/mol. The molecular weight excluding hydrogens is 486 g/mol. The molecule has 1 atom stereocenters. The van der Waals surface area contributed by atoms with E-state index in [9.17, 15) is 14.7 Å². The van der Waals surface area contributed by atoms with Crippen LogP contribution < -0.4 is 15.5 Å². The zero-order valence-corrected chi connectivity index (χ0v) is 21.9. The summed E-state index contributed by atoms with van der Waals surface area (Å²) in [6, 6.07) is 10.2. The first-order valence-corrected chi connectivity index (χ1v) is 13.5. The van der Waals surface area contributed by atoms with Crippen molar-refractivity contribution >= 4 is 23.6 Å². The predicted molar refractivity (Wildman–Crippen MR) is 143 cm³/mol. The fraction of sp³-hybridized carbons (Fsp3) is 0.556. The molecule has 0 aliphatic carbocycles. The number of carbonyl (C=O) groups excluding carboxylic acids is 2. The molecule has 4 heterocycles. The zero-order chi connectivity index (χ0) is 26.5. The van der Waals surface area contributed by atoms with E-state index >= 15 is 0 Å². The molecule has 1 aromatic carbocycles. The Hall–Kier alpha value is -3.28. The van der Waals surface area contributed by atoms with Gasteiger partial charge in [-0.3, -0.25) is 14.5 Å². The topological polar surface area (TPSA) is 123 Å². The molecule has 11 nitrogen and oxygen atoms in total. The van der Waals surface area contributed by atoms with Crippen LogP contribution in [0.1, 0.15) is 35.0 Å². The highest BCUT2D eigenvalue weighted by Crippen LogP contribution is 2.20. The second-order valence-electron chi connectivity index (χ2n) is 10.2. The second-order valence-corrected chi connectivity index (χ2v) is 10.2. The number of carbonyl (C=O) groups is 2. The van der Waals surface area contributed by atoms with Crippen LogP contribution in [0.2, 0.25) is 0 Å². The molecule has 1 aromatic heterocycles. The Bertz CT molecular complexity index is 1130. The number of aromatic nitrogens is 2. The van der Waals surface area contributed by atoms with Gasteiger partial charge in [-0.2, -0.15) is 4.98 Å². The lowest BCUT2D eigenvalue weighted by Gasteiger charge is -2.35. The van der Waals surface area contributed by atoms with Crippen molar-refractivity contribution in [3.05, 3.63) is 47.2 Å². The molecule has 2 aromatic rings. The van der Waals surface area contributed by atoms with E-state index in [0.717, 1.165) is 19.5 Å². The molecule has 3 N–H and O–H groups in total. The van der Waals surface area contributed by atoms with Crippen LogP contribution in [0.3, 0.4) is 0 Å². The molecular formula is C27H37N7O4. The number of hydrogen-bond donors (Lipinski definition) is 3. The Balaban J connectivity index is 1.20. The molecule has 11 heteroatoms. The van der Waals surface area contributed by atoms with Gasteiger partial charge in [0.25, 0.3) is 5.91 Å². The third-order valence-corrected chi connectivity index (χ3v) is 7.33. The number of anilines is 2. The average Bonchev–Trinajstić information content (AvgIpc) is 2.93. The smallest absolute Gasteiger partial charge is 0.270 e. The summed E-state index contributed by atoms with van der Waals surface area (Å²) in [5, 5.41) is 16.8. The summed E-state index contributed by atoms with van der Waals surface area (Å²) < 4.78 is 5.26. The van der Waals surface area contributed by atoms with Crippen LogP contribution in [0.5, 0.6) is 0 Å². The van der Waals surface area contributed by atoms with Gasteiger partial charge >= 0.3 is 0 Å². The SMILES string of the molecule is CCC(=O)N1CCN(c2nc(NC3COC3)cc(C(=O)NCC(O)CN3CCc4ccccc4C3)n2)CC1. The molecule has 1 unspecified atom stereocenters. The minimum Gasteiger partial charge on any atom is -0.390 e. The Morgan fingerprint density at radius 1 is 1.11 bits per heavy atom. The van der Waals surface area contributed by atoms with E-state index in [-0.39, 0.29) is 30.1 Å². The zero-order valence-electron chi connectivity index (χ0n) is 21.9. The standard InChI is InChI=1S/C27H37N7O4/c1-2-25(36)33-9-11-34(12-10-33)27-30-23(13-24(31-27)29-21-17-38-18-21)26(37)28-14-22(35)16-32-8-7-19-5-3-4-6-20(19)15-32/h3-6,13,21-22,35H,2,7-12,14-18H2,1H3,(H,28,37)(H,29,30,31). The summed E-state index contributed by atoms with van der Waals surface area (Å²) >= 11 is 0. The first-order valence-electron chi connectivity index (χ1n) is 13.5. The largest absolute Gasteiger partial charge is 0.390 e. The number of aliphatic hydroxyl groups is 1. The molecule has 0 spiro atoms. The highest BCUT2D eigenvalue weighted by atomic mass is 16.5. The fourth-order valence-corrected chi connectivity index (χ4v) is 5.05. The Kier molecular flexibility index (Phi) is 8.35. The maximum absolute atomic E-state index is 13.1. The Morgan fingerprint density at radius 3 is 2.58 bits per heavy atom. The van der Waals surface area contributed by atoms with E-state index in [1.165, 1.54) is 11.1 Å². The predicted octanol–water partition coefficient (Wildman–Crippen LogP) is 0.495. The molecule has 2 amide bonds. The summed E-state index contributed by atoms with van der Waals surface area (Å²) in [5.41, 5.74) is 2.89. The van der Waals surface area contributed by atoms with Crippen molar-refractivity contribution in [3.8, 4) is 0 Å². The fourth-order valence-electron chi connectivity index (χ4n) is 5.05. The highest BCUT2D eigenvalue weighted by Gasteiger charge is 2.25.